The Kier molecular flexibility index (Phi) is 4.77. The van der Waals surface area contributed by atoms with Gasteiger partial charge in [-0.3, -0.25) is 9.59 Å². The van der Waals surface area contributed by atoms with Gasteiger partial charge in [0.1, 0.15) is 6.04 Å². The average Bonchev–Trinajstić information content (AvgIpc) is 2.26. The molecule has 0 heterocycles. The molecule has 4 nitrogen and oxygen atoms in total. The normalized spacial score (nSPS) is 12.9. The fraction of sp³-hybridized carbons (Fsp3) is 0.273. The molecular formula is C11H9F3INO3. The molecule has 1 atom stereocenters. The molecule has 0 fully saturated rings. The lowest BCUT2D eigenvalue weighted by atomic mass is 10.1. The van der Waals surface area contributed by atoms with Crippen molar-refractivity contribution in [3.05, 3.63) is 32.9 Å². The Labute approximate surface area is 120 Å². The molecule has 19 heavy (non-hydrogen) atoms. The van der Waals surface area contributed by atoms with E-state index in [0.29, 0.717) is 6.07 Å². The zero-order valence-corrected chi connectivity index (χ0v) is 11.7. The van der Waals surface area contributed by atoms with Crippen LogP contribution in [0.1, 0.15) is 22.8 Å². The molecule has 8 heteroatoms. The van der Waals surface area contributed by atoms with E-state index in [2.05, 4.69) is 5.32 Å². The van der Waals surface area contributed by atoms with Crippen molar-refractivity contribution < 1.29 is 27.9 Å². The number of rotatable bonds is 3. The monoisotopic (exact) mass is 387 g/mol. The van der Waals surface area contributed by atoms with Gasteiger partial charge in [-0.25, -0.2) is 0 Å². The zero-order chi connectivity index (χ0) is 14.8. The van der Waals surface area contributed by atoms with Gasteiger partial charge in [0.25, 0.3) is 5.91 Å². The summed E-state index contributed by atoms with van der Waals surface area (Å²) in [5.74, 6) is -2.13. The fourth-order valence-electron chi connectivity index (χ4n) is 1.23. The number of benzene rings is 1. The van der Waals surface area contributed by atoms with E-state index in [4.69, 9.17) is 5.11 Å². The van der Waals surface area contributed by atoms with Gasteiger partial charge in [0.2, 0.25) is 0 Å². The van der Waals surface area contributed by atoms with Crippen molar-refractivity contribution >= 4 is 34.5 Å². The minimum atomic E-state index is -4.56. The number of aliphatic carboxylic acids is 1. The molecule has 0 saturated carbocycles. The van der Waals surface area contributed by atoms with Crippen LogP contribution in [0.3, 0.4) is 0 Å². The van der Waals surface area contributed by atoms with Crippen LogP contribution >= 0.6 is 22.6 Å². The number of carboxylic acids is 1. The minimum Gasteiger partial charge on any atom is -0.480 e. The Morgan fingerprint density at radius 1 is 1.32 bits per heavy atom. The maximum absolute atomic E-state index is 12.6. The minimum absolute atomic E-state index is 0.229. The third kappa shape index (κ3) is 4.37. The molecule has 2 N–H and O–H groups in total. The second kappa shape index (κ2) is 5.76. The number of carbonyl (C=O) groups is 2. The molecular weight excluding hydrogens is 378 g/mol. The summed E-state index contributed by atoms with van der Waals surface area (Å²) >= 11 is 1.66. The molecule has 1 amide bonds. The second-order valence-corrected chi connectivity index (χ2v) is 5.01. The molecule has 0 aliphatic carbocycles. The fourth-order valence-corrected chi connectivity index (χ4v) is 1.90. The van der Waals surface area contributed by atoms with Gasteiger partial charge in [0.15, 0.2) is 0 Å². The van der Waals surface area contributed by atoms with Gasteiger partial charge in [0.05, 0.1) is 5.56 Å². The molecule has 0 radical (unpaired) electrons. The standard InChI is InChI=1S/C11H9F3INO3/c1-5(10(18)19)16-9(17)6-2-7(11(12,13)14)4-8(15)3-6/h2-5H,1H3,(H,16,17)(H,18,19). The zero-order valence-electron chi connectivity index (χ0n) is 9.58. The first-order chi connectivity index (χ1) is 8.61. The first-order valence-electron chi connectivity index (χ1n) is 5.02. The number of hydrogen-bond acceptors (Lipinski definition) is 2. The molecule has 0 bridgehead atoms. The van der Waals surface area contributed by atoms with Gasteiger partial charge in [0, 0.05) is 9.13 Å². The van der Waals surface area contributed by atoms with Crippen LogP contribution in [-0.4, -0.2) is 23.0 Å². The lowest BCUT2D eigenvalue weighted by molar-refractivity contribution is -0.139. The Bertz CT molecular complexity index is 516. The van der Waals surface area contributed by atoms with E-state index in [0.717, 1.165) is 6.07 Å². The highest BCUT2D eigenvalue weighted by Gasteiger charge is 2.31. The van der Waals surface area contributed by atoms with Gasteiger partial charge in [-0.1, -0.05) is 0 Å². The molecule has 104 valence electrons. The topological polar surface area (TPSA) is 66.4 Å². The average molecular weight is 387 g/mol. The molecule has 0 aliphatic rings. The first-order valence-corrected chi connectivity index (χ1v) is 6.10. The Morgan fingerprint density at radius 2 is 1.89 bits per heavy atom. The molecule has 1 aromatic rings. The van der Waals surface area contributed by atoms with E-state index in [-0.39, 0.29) is 9.13 Å². The molecule has 0 aromatic heterocycles. The maximum Gasteiger partial charge on any atom is 0.416 e. The highest BCUT2D eigenvalue weighted by molar-refractivity contribution is 14.1. The Balaban J connectivity index is 3.04. The molecule has 1 aromatic carbocycles. The summed E-state index contributed by atoms with van der Waals surface area (Å²) in [5, 5.41) is 10.7. The molecule has 0 saturated heterocycles. The molecule has 0 spiro atoms. The maximum atomic E-state index is 12.6. The largest absolute Gasteiger partial charge is 0.480 e. The number of hydrogen-bond donors (Lipinski definition) is 2. The number of halogens is 4. The number of amides is 1. The van der Waals surface area contributed by atoms with Crippen LogP contribution in [0.25, 0.3) is 0 Å². The smallest absolute Gasteiger partial charge is 0.416 e. The predicted octanol–water partition coefficient (Wildman–Crippen LogP) is 2.51. The van der Waals surface area contributed by atoms with Crippen LogP contribution in [0.2, 0.25) is 0 Å². The Hall–Kier alpha value is -1.32. The summed E-state index contributed by atoms with van der Waals surface area (Å²) in [6, 6.07) is 1.66. The highest BCUT2D eigenvalue weighted by atomic mass is 127. The van der Waals surface area contributed by atoms with E-state index >= 15 is 0 Å². The molecule has 1 unspecified atom stereocenters. The van der Waals surface area contributed by atoms with E-state index in [1.165, 1.54) is 13.0 Å². The van der Waals surface area contributed by atoms with Gasteiger partial charge < -0.3 is 10.4 Å². The van der Waals surface area contributed by atoms with Gasteiger partial charge in [-0.2, -0.15) is 13.2 Å². The number of carbonyl (C=O) groups excluding carboxylic acids is 1. The van der Waals surface area contributed by atoms with Gasteiger partial charge >= 0.3 is 12.1 Å². The van der Waals surface area contributed by atoms with Crippen LogP contribution in [0.5, 0.6) is 0 Å². The summed E-state index contributed by atoms with van der Waals surface area (Å²) in [6.07, 6.45) is -4.56. The number of carboxylic acid groups (broad SMARTS) is 1. The van der Waals surface area contributed by atoms with Gasteiger partial charge in [-0.05, 0) is 47.7 Å². The van der Waals surface area contributed by atoms with Crippen molar-refractivity contribution in [3.8, 4) is 0 Å². The van der Waals surface area contributed by atoms with Crippen molar-refractivity contribution in [1.82, 2.24) is 5.32 Å². The first kappa shape index (κ1) is 15.7. The summed E-state index contributed by atoms with van der Waals surface area (Å²) < 4.78 is 38.0. The second-order valence-electron chi connectivity index (χ2n) is 3.76. The molecule has 0 aliphatic heterocycles. The van der Waals surface area contributed by atoms with E-state index < -0.39 is 29.7 Å². The van der Waals surface area contributed by atoms with E-state index in [9.17, 15) is 22.8 Å². The van der Waals surface area contributed by atoms with Crippen molar-refractivity contribution in [2.45, 2.75) is 19.1 Å². The lowest BCUT2D eigenvalue weighted by Gasteiger charge is -2.12. The van der Waals surface area contributed by atoms with Crippen molar-refractivity contribution in [1.29, 1.82) is 0 Å². The summed E-state index contributed by atoms with van der Waals surface area (Å²) in [6.45, 7) is 1.22. The van der Waals surface area contributed by atoms with Gasteiger partial charge in [-0.15, -0.1) is 0 Å². The van der Waals surface area contributed by atoms with E-state index in [1.54, 1.807) is 22.6 Å². The van der Waals surface area contributed by atoms with E-state index in [1.807, 2.05) is 0 Å². The predicted molar refractivity (Wildman–Crippen MR) is 68.7 cm³/mol. The van der Waals surface area contributed by atoms with Crippen molar-refractivity contribution in [2.75, 3.05) is 0 Å². The Morgan fingerprint density at radius 3 is 2.37 bits per heavy atom. The quantitative estimate of drug-likeness (QED) is 0.784. The summed E-state index contributed by atoms with van der Waals surface area (Å²) in [5.41, 5.74) is -1.18. The van der Waals surface area contributed by atoms with Crippen LogP contribution in [0.4, 0.5) is 13.2 Å². The lowest BCUT2D eigenvalue weighted by Crippen LogP contribution is -2.38. The third-order valence-electron chi connectivity index (χ3n) is 2.21. The SMILES string of the molecule is CC(NC(=O)c1cc(I)cc(C(F)(F)F)c1)C(=O)O. The summed E-state index contributed by atoms with van der Waals surface area (Å²) in [4.78, 5) is 22.2. The van der Waals surface area contributed by atoms with Crippen LogP contribution in [0.15, 0.2) is 18.2 Å². The van der Waals surface area contributed by atoms with Crippen molar-refractivity contribution in [3.63, 3.8) is 0 Å². The summed E-state index contributed by atoms with van der Waals surface area (Å²) in [7, 11) is 0. The highest BCUT2D eigenvalue weighted by Crippen LogP contribution is 2.31. The number of alkyl halides is 3. The number of nitrogens with one attached hydrogen (secondary N) is 1. The van der Waals surface area contributed by atoms with Crippen LogP contribution in [0, 0.1) is 3.57 Å². The molecule has 1 rings (SSSR count). The third-order valence-corrected chi connectivity index (χ3v) is 2.83. The van der Waals surface area contributed by atoms with Crippen LogP contribution in [-0.2, 0) is 11.0 Å². The van der Waals surface area contributed by atoms with Crippen LogP contribution < -0.4 is 5.32 Å². The van der Waals surface area contributed by atoms with Crippen molar-refractivity contribution in [2.24, 2.45) is 0 Å².